The van der Waals surface area contributed by atoms with Crippen molar-refractivity contribution in [1.29, 1.82) is 0 Å². The molecule has 0 aromatic heterocycles. The molecule has 2 aliphatic heterocycles. The minimum Gasteiger partial charge on any atom is -0.493 e. The highest BCUT2D eigenvalue weighted by molar-refractivity contribution is 8.13. The van der Waals surface area contributed by atoms with Crippen molar-refractivity contribution >= 4 is 28.5 Å². The molecule has 1 amide bonds. The molecule has 2 aliphatic rings. The summed E-state index contributed by atoms with van der Waals surface area (Å²) in [4.78, 5) is 18.1. The number of fused-ring (bicyclic) bond motifs is 2. The summed E-state index contributed by atoms with van der Waals surface area (Å²) in [5.41, 5.74) is 1.37. The number of carbonyl (C=O) groups excluding carboxylic acids is 1. The van der Waals surface area contributed by atoms with Crippen LogP contribution in [-0.4, -0.2) is 35.6 Å². The van der Waals surface area contributed by atoms with E-state index in [0.29, 0.717) is 29.0 Å². The summed E-state index contributed by atoms with van der Waals surface area (Å²) in [5, 5.41) is 11.6. The molecule has 0 saturated carbocycles. The molecule has 1 atom stereocenters. The SMILES string of the molecule is CCCCCSC1=NN2C(=c3ccccc3=N[C@@H]2c2ccc(OCC)c(OC)c2)C(=O)N1. The second-order valence-corrected chi connectivity index (χ2v) is 8.55. The van der Waals surface area contributed by atoms with Gasteiger partial charge in [0.25, 0.3) is 5.91 Å². The number of thioether (sulfide) groups is 1. The molecule has 1 N–H and O–H groups in total. The second kappa shape index (κ2) is 10.1. The maximum absolute atomic E-state index is 13.2. The van der Waals surface area contributed by atoms with Crippen molar-refractivity contribution in [3.05, 3.63) is 58.6 Å². The largest absolute Gasteiger partial charge is 0.493 e. The Kier molecular flexibility index (Phi) is 6.99. The molecule has 0 saturated heterocycles. The Bertz CT molecular complexity index is 1150. The van der Waals surface area contributed by atoms with Crippen molar-refractivity contribution in [3.8, 4) is 11.5 Å². The van der Waals surface area contributed by atoms with Crippen LogP contribution in [0, 0.1) is 0 Å². The lowest BCUT2D eigenvalue weighted by molar-refractivity contribution is -0.116. The van der Waals surface area contributed by atoms with E-state index >= 15 is 0 Å². The van der Waals surface area contributed by atoms with Crippen LogP contribution < -0.4 is 25.4 Å². The fourth-order valence-electron chi connectivity index (χ4n) is 3.75. The van der Waals surface area contributed by atoms with E-state index in [1.165, 1.54) is 0 Å². The Morgan fingerprint density at radius 2 is 1.97 bits per heavy atom. The third-order valence-electron chi connectivity index (χ3n) is 5.29. The first kappa shape index (κ1) is 22.2. The van der Waals surface area contributed by atoms with Crippen LogP contribution in [0.25, 0.3) is 5.70 Å². The van der Waals surface area contributed by atoms with Crippen LogP contribution in [0.1, 0.15) is 44.8 Å². The Labute approximate surface area is 192 Å². The van der Waals surface area contributed by atoms with Crippen LogP contribution in [-0.2, 0) is 4.79 Å². The first-order valence-electron chi connectivity index (χ1n) is 11.0. The summed E-state index contributed by atoms with van der Waals surface area (Å²) >= 11 is 1.57. The van der Waals surface area contributed by atoms with Gasteiger partial charge in [0.05, 0.1) is 19.1 Å². The number of amidine groups is 1. The molecule has 2 aromatic carbocycles. The van der Waals surface area contributed by atoms with Crippen LogP contribution in [0.15, 0.2) is 52.6 Å². The second-order valence-electron chi connectivity index (χ2n) is 7.47. The summed E-state index contributed by atoms with van der Waals surface area (Å²) in [6.07, 6.45) is 2.91. The van der Waals surface area contributed by atoms with Crippen molar-refractivity contribution in [3.63, 3.8) is 0 Å². The van der Waals surface area contributed by atoms with Gasteiger partial charge < -0.3 is 9.47 Å². The van der Waals surface area contributed by atoms with Gasteiger partial charge in [0.15, 0.2) is 22.8 Å². The van der Waals surface area contributed by atoms with Crippen LogP contribution in [0.4, 0.5) is 0 Å². The molecule has 0 spiro atoms. The van der Waals surface area contributed by atoms with Gasteiger partial charge in [-0.1, -0.05) is 55.8 Å². The zero-order chi connectivity index (χ0) is 22.5. The smallest absolute Gasteiger partial charge is 0.276 e. The predicted octanol–water partition coefficient (Wildman–Crippen LogP) is 3.16. The van der Waals surface area contributed by atoms with Crippen molar-refractivity contribution in [1.82, 2.24) is 10.3 Å². The van der Waals surface area contributed by atoms with Gasteiger partial charge in [0, 0.05) is 16.5 Å². The molecule has 8 heteroatoms. The van der Waals surface area contributed by atoms with Crippen molar-refractivity contribution in [2.75, 3.05) is 19.5 Å². The number of ether oxygens (including phenoxy) is 2. The average Bonchev–Trinajstić information content (AvgIpc) is 2.81. The van der Waals surface area contributed by atoms with Crippen LogP contribution in [0.3, 0.4) is 0 Å². The molecule has 32 heavy (non-hydrogen) atoms. The van der Waals surface area contributed by atoms with Gasteiger partial charge in [0.2, 0.25) is 0 Å². The maximum Gasteiger partial charge on any atom is 0.276 e. The fourth-order valence-corrected chi connectivity index (χ4v) is 4.60. The highest BCUT2D eigenvalue weighted by atomic mass is 32.2. The summed E-state index contributed by atoms with van der Waals surface area (Å²) in [6, 6.07) is 13.4. The highest BCUT2D eigenvalue weighted by Crippen LogP contribution is 2.36. The molecule has 7 nitrogen and oxygen atoms in total. The molecular formula is C24H28N4O3S. The van der Waals surface area contributed by atoms with Crippen LogP contribution in [0.2, 0.25) is 0 Å². The molecule has 0 unspecified atom stereocenters. The van der Waals surface area contributed by atoms with Gasteiger partial charge in [-0.3, -0.25) is 15.1 Å². The topological polar surface area (TPSA) is 75.5 Å². The molecular weight excluding hydrogens is 424 g/mol. The molecule has 0 aliphatic carbocycles. The van der Waals surface area contributed by atoms with Crippen molar-refractivity contribution < 1.29 is 14.3 Å². The third-order valence-corrected chi connectivity index (χ3v) is 6.24. The van der Waals surface area contributed by atoms with E-state index in [0.717, 1.165) is 41.2 Å². The number of hydrogen-bond donors (Lipinski definition) is 1. The van der Waals surface area contributed by atoms with Gasteiger partial charge in [-0.25, -0.2) is 5.01 Å². The number of rotatable bonds is 8. The Morgan fingerprint density at radius 1 is 1.12 bits per heavy atom. The number of nitrogens with zero attached hydrogens (tertiary/aromatic N) is 3. The maximum atomic E-state index is 13.2. The number of nitrogens with one attached hydrogen (secondary N) is 1. The minimum atomic E-state index is -0.484. The van der Waals surface area contributed by atoms with E-state index in [1.807, 2.05) is 49.4 Å². The van der Waals surface area contributed by atoms with E-state index in [1.54, 1.807) is 23.9 Å². The number of para-hydroxylation sites is 1. The monoisotopic (exact) mass is 452 g/mol. The minimum absolute atomic E-state index is 0.164. The molecule has 168 valence electrons. The standard InChI is InChI=1S/C24H28N4O3S/c1-4-6-9-14-32-24-26-23(29)21-17-10-7-8-11-18(17)25-22(28(21)27-24)16-12-13-19(31-5-2)20(15-16)30-3/h7-8,10-13,15,22H,4-6,9,14H2,1-3H3,(H,26,27,29)/t22-/m0/s1. The zero-order valence-electron chi connectivity index (χ0n) is 18.6. The molecule has 0 radical (unpaired) electrons. The predicted molar refractivity (Wildman–Crippen MR) is 127 cm³/mol. The third kappa shape index (κ3) is 4.46. The van der Waals surface area contributed by atoms with Crippen LogP contribution >= 0.6 is 11.8 Å². The zero-order valence-corrected chi connectivity index (χ0v) is 19.4. The van der Waals surface area contributed by atoms with Gasteiger partial charge in [-0.15, -0.1) is 5.10 Å². The molecule has 2 aromatic rings. The number of hydrazone groups is 1. The number of unbranched alkanes of at least 4 members (excludes halogenated alkanes) is 2. The van der Waals surface area contributed by atoms with E-state index < -0.39 is 6.17 Å². The average molecular weight is 453 g/mol. The lowest BCUT2D eigenvalue weighted by Crippen LogP contribution is -2.50. The number of amides is 1. The van der Waals surface area contributed by atoms with Gasteiger partial charge in [-0.2, -0.15) is 0 Å². The van der Waals surface area contributed by atoms with Gasteiger partial charge in [-0.05, 0) is 31.5 Å². The highest BCUT2D eigenvalue weighted by Gasteiger charge is 2.34. The Balaban J connectivity index is 1.77. The van der Waals surface area contributed by atoms with Gasteiger partial charge in [0.1, 0.15) is 5.70 Å². The number of hydrogen-bond acceptors (Lipinski definition) is 7. The van der Waals surface area contributed by atoms with Crippen molar-refractivity contribution in [2.45, 2.75) is 39.3 Å². The summed E-state index contributed by atoms with van der Waals surface area (Å²) in [5.74, 6) is 2.04. The summed E-state index contributed by atoms with van der Waals surface area (Å²) in [6.45, 7) is 4.65. The fraction of sp³-hybridized carbons (Fsp3) is 0.375. The lowest BCUT2D eigenvalue weighted by atomic mass is 10.1. The van der Waals surface area contributed by atoms with E-state index in [9.17, 15) is 4.79 Å². The summed E-state index contributed by atoms with van der Waals surface area (Å²) in [7, 11) is 1.62. The Hall–Kier alpha value is -3.00. The lowest BCUT2D eigenvalue weighted by Gasteiger charge is -2.34. The van der Waals surface area contributed by atoms with E-state index in [-0.39, 0.29) is 5.91 Å². The van der Waals surface area contributed by atoms with E-state index in [2.05, 4.69) is 12.2 Å². The normalized spacial score (nSPS) is 17.0. The Morgan fingerprint density at radius 3 is 2.75 bits per heavy atom. The van der Waals surface area contributed by atoms with Crippen LogP contribution in [0.5, 0.6) is 11.5 Å². The molecule has 4 rings (SSSR count). The molecule has 0 fully saturated rings. The molecule has 0 bridgehead atoms. The number of carbonyl (C=O) groups is 1. The number of benzene rings is 2. The first-order valence-corrected chi connectivity index (χ1v) is 11.9. The van der Waals surface area contributed by atoms with E-state index in [4.69, 9.17) is 19.6 Å². The first-order chi connectivity index (χ1) is 15.7. The van der Waals surface area contributed by atoms with Crippen molar-refractivity contribution in [2.24, 2.45) is 10.1 Å². The quantitative estimate of drug-likeness (QED) is 0.623. The molecule has 2 heterocycles. The number of methoxy groups -OCH3 is 1. The van der Waals surface area contributed by atoms with Gasteiger partial charge >= 0.3 is 0 Å². The summed E-state index contributed by atoms with van der Waals surface area (Å²) < 4.78 is 11.2.